The molecule has 0 aliphatic rings. The number of para-hydroxylation sites is 1. The van der Waals surface area contributed by atoms with Crippen LogP contribution in [0.3, 0.4) is 0 Å². The lowest BCUT2D eigenvalue weighted by molar-refractivity contribution is -0.384. The van der Waals surface area contributed by atoms with Crippen LogP contribution in [0.1, 0.15) is 5.69 Å². The molecule has 0 aliphatic carbocycles. The van der Waals surface area contributed by atoms with Gasteiger partial charge < -0.3 is 5.32 Å². The van der Waals surface area contributed by atoms with E-state index in [4.69, 9.17) is 0 Å². The van der Waals surface area contributed by atoms with Crippen LogP contribution < -0.4 is 5.32 Å². The van der Waals surface area contributed by atoms with Crippen LogP contribution in [0.2, 0.25) is 0 Å². The average molecular weight is 294 g/mol. The third-order valence-electron chi connectivity index (χ3n) is 3.36. The average Bonchev–Trinajstić information content (AvgIpc) is 2.89. The zero-order valence-corrected chi connectivity index (χ0v) is 11.9. The van der Waals surface area contributed by atoms with Crippen molar-refractivity contribution in [2.24, 2.45) is 0 Å². The monoisotopic (exact) mass is 294 g/mol. The summed E-state index contributed by atoms with van der Waals surface area (Å²) in [6.07, 6.45) is 0. The molecule has 6 heteroatoms. The second-order valence-corrected chi connectivity index (χ2v) is 4.84. The zero-order valence-electron chi connectivity index (χ0n) is 11.9. The molecule has 1 heterocycles. The highest BCUT2D eigenvalue weighted by molar-refractivity contribution is 5.82. The Labute approximate surface area is 127 Å². The number of nitro groups is 1. The number of hydrogen-bond acceptors (Lipinski definition) is 4. The van der Waals surface area contributed by atoms with Crippen LogP contribution in [-0.4, -0.2) is 15.1 Å². The predicted molar refractivity (Wildman–Crippen MR) is 85.1 cm³/mol. The summed E-state index contributed by atoms with van der Waals surface area (Å²) in [5, 5.41) is 20.8. The number of rotatable bonds is 4. The van der Waals surface area contributed by atoms with Gasteiger partial charge in [0.15, 0.2) is 0 Å². The summed E-state index contributed by atoms with van der Waals surface area (Å²) in [5.41, 5.74) is 3.13. The van der Waals surface area contributed by atoms with Crippen LogP contribution in [0.15, 0.2) is 54.6 Å². The Kier molecular flexibility index (Phi) is 3.57. The van der Waals surface area contributed by atoms with Crippen LogP contribution in [0.25, 0.3) is 11.1 Å². The minimum atomic E-state index is -0.438. The number of anilines is 2. The lowest BCUT2D eigenvalue weighted by Crippen LogP contribution is -1.98. The second-order valence-electron chi connectivity index (χ2n) is 4.84. The van der Waals surface area contributed by atoms with Crippen molar-refractivity contribution in [3.8, 4) is 11.1 Å². The quantitative estimate of drug-likeness (QED) is 0.562. The minimum Gasteiger partial charge on any atom is -0.332 e. The lowest BCUT2D eigenvalue weighted by atomic mass is 10.0. The molecule has 1 aromatic heterocycles. The van der Waals surface area contributed by atoms with Gasteiger partial charge >= 0.3 is 5.69 Å². The number of nitrogens with one attached hydrogen (secondary N) is 2. The van der Waals surface area contributed by atoms with Crippen LogP contribution in [0, 0.1) is 17.0 Å². The molecule has 0 spiro atoms. The molecule has 3 rings (SSSR count). The van der Waals surface area contributed by atoms with Gasteiger partial charge in [0.1, 0.15) is 5.69 Å². The summed E-state index contributed by atoms with van der Waals surface area (Å²) in [6.45, 7) is 1.62. The number of H-pyrrole nitrogens is 1. The molecule has 3 aromatic rings. The predicted octanol–water partition coefficient (Wildman–Crippen LogP) is 4.04. The minimum absolute atomic E-state index is 0.0390. The van der Waals surface area contributed by atoms with Gasteiger partial charge in [-0.25, -0.2) is 0 Å². The maximum atomic E-state index is 11.2. The van der Waals surface area contributed by atoms with Gasteiger partial charge in [-0.05, 0) is 18.6 Å². The van der Waals surface area contributed by atoms with E-state index in [1.807, 2.05) is 54.6 Å². The van der Waals surface area contributed by atoms with Crippen molar-refractivity contribution in [2.45, 2.75) is 6.92 Å². The molecule has 0 radical (unpaired) electrons. The van der Waals surface area contributed by atoms with Crippen molar-refractivity contribution in [2.75, 3.05) is 5.32 Å². The maximum absolute atomic E-state index is 11.2. The molecule has 0 fully saturated rings. The van der Waals surface area contributed by atoms with Crippen molar-refractivity contribution in [3.05, 3.63) is 70.4 Å². The van der Waals surface area contributed by atoms with Crippen LogP contribution in [0.4, 0.5) is 17.2 Å². The first-order valence-electron chi connectivity index (χ1n) is 6.77. The van der Waals surface area contributed by atoms with E-state index in [9.17, 15) is 10.1 Å². The highest BCUT2D eigenvalue weighted by atomic mass is 16.6. The first-order chi connectivity index (χ1) is 10.7. The van der Waals surface area contributed by atoms with Gasteiger partial charge in [0.05, 0.1) is 4.92 Å². The first kappa shape index (κ1) is 13.8. The SMILES string of the molecule is Cc1[nH]nc(Nc2ccccc2-c2ccccc2)c1[N+](=O)[O-]. The van der Waals surface area contributed by atoms with Crippen molar-refractivity contribution in [3.63, 3.8) is 0 Å². The number of aromatic amines is 1. The molecule has 0 aliphatic heterocycles. The number of aryl methyl sites for hydroxylation is 1. The third-order valence-corrected chi connectivity index (χ3v) is 3.36. The van der Waals surface area contributed by atoms with E-state index in [0.29, 0.717) is 5.69 Å². The van der Waals surface area contributed by atoms with Crippen molar-refractivity contribution >= 4 is 17.2 Å². The topological polar surface area (TPSA) is 83.8 Å². The van der Waals surface area contributed by atoms with Gasteiger partial charge in [0.25, 0.3) is 0 Å². The van der Waals surface area contributed by atoms with Gasteiger partial charge in [-0.15, -0.1) is 5.10 Å². The zero-order chi connectivity index (χ0) is 15.5. The molecule has 0 amide bonds. The second kappa shape index (κ2) is 5.69. The summed E-state index contributed by atoms with van der Waals surface area (Å²) < 4.78 is 0. The molecule has 2 aromatic carbocycles. The smallest absolute Gasteiger partial charge is 0.332 e. The highest BCUT2D eigenvalue weighted by Gasteiger charge is 2.22. The number of benzene rings is 2. The van der Waals surface area contributed by atoms with E-state index in [1.165, 1.54) is 0 Å². The Morgan fingerprint density at radius 2 is 1.77 bits per heavy atom. The molecule has 0 atom stereocenters. The molecular formula is C16H14N4O2. The van der Waals surface area contributed by atoms with Crippen LogP contribution in [-0.2, 0) is 0 Å². The Hall–Kier alpha value is -3.15. The Morgan fingerprint density at radius 3 is 2.50 bits per heavy atom. The summed E-state index contributed by atoms with van der Waals surface area (Å²) in [4.78, 5) is 10.7. The van der Waals surface area contributed by atoms with Gasteiger partial charge in [-0.2, -0.15) is 0 Å². The van der Waals surface area contributed by atoms with Gasteiger partial charge in [-0.3, -0.25) is 15.2 Å². The van der Waals surface area contributed by atoms with Crippen molar-refractivity contribution in [1.29, 1.82) is 0 Å². The van der Waals surface area contributed by atoms with E-state index in [0.717, 1.165) is 16.8 Å². The highest BCUT2D eigenvalue weighted by Crippen LogP contribution is 2.33. The lowest BCUT2D eigenvalue weighted by Gasteiger charge is -2.10. The summed E-state index contributed by atoms with van der Waals surface area (Å²) in [6, 6.07) is 17.5. The van der Waals surface area contributed by atoms with Crippen LogP contribution >= 0.6 is 0 Å². The number of hydrogen-bond donors (Lipinski definition) is 2. The fourth-order valence-electron chi connectivity index (χ4n) is 2.32. The Balaban J connectivity index is 2.03. The molecule has 22 heavy (non-hydrogen) atoms. The van der Waals surface area contributed by atoms with Gasteiger partial charge in [0, 0.05) is 11.3 Å². The normalized spacial score (nSPS) is 10.4. The summed E-state index contributed by atoms with van der Waals surface area (Å²) in [7, 11) is 0. The molecule has 6 nitrogen and oxygen atoms in total. The molecule has 2 N–H and O–H groups in total. The van der Waals surface area contributed by atoms with Gasteiger partial charge in [0.2, 0.25) is 5.82 Å². The maximum Gasteiger partial charge on any atom is 0.333 e. The molecule has 0 saturated carbocycles. The number of aromatic nitrogens is 2. The molecule has 110 valence electrons. The van der Waals surface area contributed by atoms with E-state index in [2.05, 4.69) is 15.5 Å². The molecular weight excluding hydrogens is 280 g/mol. The van der Waals surface area contributed by atoms with Crippen LogP contribution in [0.5, 0.6) is 0 Å². The summed E-state index contributed by atoms with van der Waals surface area (Å²) in [5.74, 6) is 0.214. The Bertz CT molecular complexity index is 812. The van der Waals surface area contributed by atoms with E-state index in [-0.39, 0.29) is 11.5 Å². The van der Waals surface area contributed by atoms with E-state index >= 15 is 0 Å². The molecule has 0 bridgehead atoms. The van der Waals surface area contributed by atoms with E-state index < -0.39 is 4.92 Å². The van der Waals surface area contributed by atoms with Gasteiger partial charge in [-0.1, -0.05) is 48.5 Å². The fraction of sp³-hybridized carbons (Fsp3) is 0.0625. The molecule has 0 saturated heterocycles. The summed E-state index contributed by atoms with van der Waals surface area (Å²) >= 11 is 0. The first-order valence-corrected chi connectivity index (χ1v) is 6.77. The van der Waals surface area contributed by atoms with Crippen molar-refractivity contribution < 1.29 is 4.92 Å². The van der Waals surface area contributed by atoms with Crippen molar-refractivity contribution in [1.82, 2.24) is 10.2 Å². The Morgan fingerprint density at radius 1 is 1.09 bits per heavy atom. The standard InChI is InChI=1S/C16H14N4O2/c1-11-15(20(21)22)16(19-18-11)17-14-10-6-5-9-13(14)12-7-3-2-4-8-12/h2-10H,1H3,(H2,17,18,19). The third kappa shape index (κ3) is 2.54. The largest absolute Gasteiger partial charge is 0.333 e. The van der Waals surface area contributed by atoms with E-state index in [1.54, 1.807) is 6.92 Å². The number of nitrogens with zero attached hydrogens (tertiary/aromatic N) is 2. The fourth-order valence-corrected chi connectivity index (χ4v) is 2.32. The molecule has 0 unspecified atom stereocenters.